The average Bonchev–Trinajstić information content (AvgIpc) is 2.91. The smallest absolute Gasteiger partial charge is 0.0915 e. The van der Waals surface area contributed by atoms with Crippen molar-refractivity contribution in [1.29, 1.82) is 0 Å². The predicted molar refractivity (Wildman–Crippen MR) is 95.0 cm³/mol. The lowest BCUT2D eigenvalue weighted by Crippen LogP contribution is -2.58. The molecular weight excluding hydrogens is 268 g/mol. The molecule has 2 nitrogen and oxygen atoms in total. The second-order valence-electron chi connectivity index (χ2n) is 8.79. The maximum absolute atomic E-state index is 3.58. The molecule has 2 aliphatic heterocycles. The fourth-order valence-corrected chi connectivity index (χ4v) is 6.17. The SMILES string of the molecule is CCCC1CCC2(CC1)CC[N+](CCC)(C1CCNCC1)C2. The summed E-state index contributed by atoms with van der Waals surface area (Å²) in [5.41, 5.74) is 0.740. The zero-order chi connectivity index (χ0) is 15.5. The largest absolute Gasteiger partial charge is 0.321 e. The van der Waals surface area contributed by atoms with E-state index in [2.05, 4.69) is 19.2 Å². The Labute approximate surface area is 138 Å². The number of hydrogen-bond acceptors (Lipinski definition) is 1. The third-order valence-corrected chi connectivity index (χ3v) is 7.35. The Morgan fingerprint density at radius 1 is 0.955 bits per heavy atom. The van der Waals surface area contributed by atoms with E-state index in [1.807, 2.05) is 0 Å². The van der Waals surface area contributed by atoms with Crippen LogP contribution in [-0.2, 0) is 0 Å². The highest BCUT2D eigenvalue weighted by atomic mass is 15.4. The fraction of sp³-hybridized carbons (Fsp3) is 1.00. The van der Waals surface area contributed by atoms with Crippen LogP contribution in [-0.4, -0.2) is 43.2 Å². The first-order valence-electron chi connectivity index (χ1n) is 10.3. The third kappa shape index (κ3) is 3.38. The minimum atomic E-state index is 0.740. The molecule has 3 aliphatic rings. The normalized spacial score (nSPS) is 40.4. The van der Waals surface area contributed by atoms with Gasteiger partial charge in [0.1, 0.15) is 0 Å². The maximum Gasteiger partial charge on any atom is 0.0915 e. The van der Waals surface area contributed by atoms with E-state index in [9.17, 15) is 0 Å². The first-order chi connectivity index (χ1) is 10.7. The van der Waals surface area contributed by atoms with Gasteiger partial charge in [-0.2, -0.15) is 0 Å². The third-order valence-electron chi connectivity index (χ3n) is 7.35. The fourth-order valence-electron chi connectivity index (χ4n) is 6.17. The Bertz CT molecular complexity index is 340. The molecule has 1 unspecified atom stereocenters. The summed E-state index contributed by atoms with van der Waals surface area (Å²) in [5.74, 6) is 1.06. The van der Waals surface area contributed by atoms with Crippen LogP contribution in [0.4, 0.5) is 0 Å². The quantitative estimate of drug-likeness (QED) is 0.745. The molecule has 3 rings (SSSR count). The molecule has 1 atom stereocenters. The topological polar surface area (TPSA) is 12.0 Å². The van der Waals surface area contributed by atoms with Crippen molar-refractivity contribution in [2.24, 2.45) is 11.3 Å². The van der Waals surface area contributed by atoms with Gasteiger partial charge in [0.2, 0.25) is 0 Å². The van der Waals surface area contributed by atoms with Crippen LogP contribution >= 0.6 is 0 Å². The average molecular weight is 308 g/mol. The lowest BCUT2D eigenvalue weighted by Gasteiger charge is -2.46. The highest BCUT2D eigenvalue weighted by molar-refractivity contribution is 4.90. The summed E-state index contributed by atoms with van der Waals surface area (Å²) in [6.45, 7) is 11.8. The molecule has 2 saturated heterocycles. The minimum Gasteiger partial charge on any atom is -0.321 e. The van der Waals surface area contributed by atoms with E-state index in [0.29, 0.717) is 0 Å². The number of quaternary nitrogens is 1. The zero-order valence-corrected chi connectivity index (χ0v) is 15.2. The number of nitrogens with zero attached hydrogens (tertiary/aromatic N) is 1. The van der Waals surface area contributed by atoms with E-state index in [0.717, 1.165) is 17.4 Å². The van der Waals surface area contributed by atoms with Gasteiger partial charge in [0.05, 0.1) is 25.7 Å². The van der Waals surface area contributed by atoms with Gasteiger partial charge in [-0.15, -0.1) is 0 Å². The summed E-state index contributed by atoms with van der Waals surface area (Å²) in [6.07, 6.45) is 14.8. The second-order valence-corrected chi connectivity index (χ2v) is 8.79. The van der Waals surface area contributed by atoms with Gasteiger partial charge in [-0.25, -0.2) is 0 Å². The second kappa shape index (κ2) is 7.21. The number of hydrogen-bond donors (Lipinski definition) is 1. The molecule has 1 spiro atoms. The van der Waals surface area contributed by atoms with Gasteiger partial charge in [-0.05, 0) is 38.0 Å². The summed E-state index contributed by atoms with van der Waals surface area (Å²) < 4.78 is 1.50. The van der Waals surface area contributed by atoms with Gasteiger partial charge < -0.3 is 9.80 Å². The summed E-state index contributed by atoms with van der Waals surface area (Å²) in [6, 6.07) is 0.967. The summed E-state index contributed by atoms with van der Waals surface area (Å²) in [4.78, 5) is 0. The number of rotatable bonds is 5. The van der Waals surface area contributed by atoms with Crippen LogP contribution in [0.3, 0.4) is 0 Å². The van der Waals surface area contributed by atoms with E-state index in [4.69, 9.17) is 0 Å². The zero-order valence-electron chi connectivity index (χ0n) is 15.2. The van der Waals surface area contributed by atoms with Crippen LogP contribution in [0.2, 0.25) is 0 Å². The highest BCUT2D eigenvalue weighted by Gasteiger charge is 2.52. The molecule has 0 amide bonds. The van der Waals surface area contributed by atoms with Crippen LogP contribution in [0, 0.1) is 11.3 Å². The molecule has 2 heteroatoms. The molecule has 0 radical (unpaired) electrons. The van der Waals surface area contributed by atoms with Crippen LogP contribution in [0.5, 0.6) is 0 Å². The molecule has 22 heavy (non-hydrogen) atoms. The predicted octanol–water partition coefficient (Wildman–Crippen LogP) is 4.35. The number of nitrogens with one attached hydrogen (secondary N) is 1. The van der Waals surface area contributed by atoms with Crippen LogP contribution in [0.25, 0.3) is 0 Å². The molecule has 0 bridgehead atoms. The Hall–Kier alpha value is -0.0800. The molecule has 1 aliphatic carbocycles. The van der Waals surface area contributed by atoms with Gasteiger partial charge in [0.15, 0.2) is 0 Å². The van der Waals surface area contributed by atoms with Gasteiger partial charge in [-0.3, -0.25) is 0 Å². The van der Waals surface area contributed by atoms with Crippen molar-refractivity contribution in [3.05, 3.63) is 0 Å². The van der Waals surface area contributed by atoms with Crippen molar-refractivity contribution >= 4 is 0 Å². The number of piperidine rings is 1. The van der Waals surface area contributed by atoms with Gasteiger partial charge in [0.25, 0.3) is 0 Å². The summed E-state index contributed by atoms with van der Waals surface area (Å²) >= 11 is 0. The maximum atomic E-state index is 3.58. The number of likely N-dealkylation sites (tertiary alicyclic amines) is 1. The molecular formula is C20H39N2+. The lowest BCUT2D eigenvalue weighted by molar-refractivity contribution is -0.944. The van der Waals surface area contributed by atoms with Crippen molar-refractivity contribution in [2.75, 3.05) is 32.7 Å². The van der Waals surface area contributed by atoms with Gasteiger partial charge in [0, 0.05) is 37.8 Å². The molecule has 2 heterocycles. The monoisotopic (exact) mass is 307 g/mol. The Morgan fingerprint density at radius 2 is 1.68 bits per heavy atom. The molecule has 1 saturated carbocycles. The molecule has 0 aromatic heterocycles. The Balaban J connectivity index is 1.65. The van der Waals surface area contributed by atoms with Crippen molar-refractivity contribution in [1.82, 2.24) is 5.32 Å². The highest BCUT2D eigenvalue weighted by Crippen LogP contribution is 2.50. The van der Waals surface area contributed by atoms with E-state index in [1.54, 1.807) is 12.8 Å². The van der Waals surface area contributed by atoms with E-state index in [-0.39, 0.29) is 0 Å². The van der Waals surface area contributed by atoms with E-state index in [1.165, 1.54) is 88.6 Å². The summed E-state index contributed by atoms with van der Waals surface area (Å²) in [5, 5.41) is 3.58. The standard InChI is InChI=1S/C20H39N2/c1-3-5-18-6-10-20(11-7-18)12-16-22(17-20,15-4-2)19-8-13-21-14-9-19/h18-19,21H,3-17H2,1-2H3/q+1. The summed E-state index contributed by atoms with van der Waals surface area (Å²) in [7, 11) is 0. The van der Waals surface area contributed by atoms with E-state index < -0.39 is 0 Å². The Morgan fingerprint density at radius 3 is 2.32 bits per heavy atom. The van der Waals surface area contributed by atoms with Gasteiger partial charge in [-0.1, -0.05) is 26.7 Å². The van der Waals surface area contributed by atoms with Crippen LogP contribution in [0.1, 0.15) is 78.1 Å². The van der Waals surface area contributed by atoms with Gasteiger partial charge >= 0.3 is 0 Å². The van der Waals surface area contributed by atoms with E-state index >= 15 is 0 Å². The first-order valence-corrected chi connectivity index (χ1v) is 10.3. The van der Waals surface area contributed by atoms with Crippen LogP contribution < -0.4 is 5.32 Å². The molecule has 0 aromatic carbocycles. The van der Waals surface area contributed by atoms with Crippen molar-refractivity contribution in [2.45, 2.75) is 84.1 Å². The molecule has 128 valence electrons. The van der Waals surface area contributed by atoms with Crippen LogP contribution in [0.15, 0.2) is 0 Å². The molecule has 3 fully saturated rings. The first kappa shape index (κ1) is 16.8. The van der Waals surface area contributed by atoms with Crippen molar-refractivity contribution in [3.63, 3.8) is 0 Å². The molecule has 1 N–H and O–H groups in total. The molecule has 0 aromatic rings. The minimum absolute atomic E-state index is 0.740. The lowest BCUT2D eigenvalue weighted by atomic mass is 9.69. The van der Waals surface area contributed by atoms with Crippen molar-refractivity contribution < 1.29 is 4.48 Å². The Kier molecular flexibility index (Phi) is 5.50. The van der Waals surface area contributed by atoms with Crippen molar-refractivity contribution in [3.8, 4) is 0 Å².